The van der Waals surface area contributed by atoms with Gasteiger partial charge in [0.15, 0.2) is 5.67 Å². The standard InChI is InChI=1S/C27H36FN7O3S/c1-16(2)19-6-7-21(35-13-18(17(35)3)14-39(5,37)38)20-12-30-25(33-24(19)20)31-23-8-10-29-26(32-23)34-11-9-22(36)27(4,28)15-34/h6-8,10,12,16-18,22,36H,9,11,13-15H2,1-5H3,(H,29,30,31,32,33)/t17-,18-,22-,27+/m1/s1. The number of nitrogens with one attached hydrogen (secondary N) is 1. The lowest BCUT2D eigenvalue weighted by molar-refractivity contribution is -0.00860. The number of rotatable bonds is 7. The summed E-state index contributed by atoms with van der Waals surface area (Å²) >= 11 is 0. The van der Waals surface area contributed by atoms with Gasteiger partial charge in [-0.25, -0.2) is 27.8 Å². The van der Waals surface area contributed by atoms with Crippen LogP contribution in [0.5, 0.6) is 0 Å². The molecule has 12 heteroatoms. The minimum absolute atomic E-state index is 0.00455. The molecule has 2 fully saturated rings. The first-order chi connectivity index (χ1) is 18.3. The number of hydrogen-bond donors (Lipinski definition) is 2. The normalized spacial score (nSPS) is 25.7. The molecular formula is C27H36FN7O3S. The number of aliphatic hydroxyl groups is 1. The Labute approximate surface area is 228 Å². The van der Waals surface area contributed by atoms with Gasteiger partial charge in [0.05, 0.1) is 23.9 Å². The van der Waals surface area contributed by atoms with Crippen molar-refractivity contribution in [2.24, 2.45) is 5.92 Å². The molecule has 0 aliphatic carbocycles. The molecule has 3 aromatic rings. The first-order valence-electron chi connectivity index (χ1n) is 13.3. The first kappa shape index (κ1) is 27.4. The molecule has 0 radical (unpaired) electrons. The Hall–Kier alpha value is -3.12. The van der Waals surface area contributed by atoms with Gasteiger partial charge < -0.3 is 20.2 Å². The van der Waals surface area contributed by atoms with Crippen LogP contribution in [0, 0.1) is 5.92 Å². The number of aliphatic hydroxyl groups excluding tert-OH is 1. The Morgan fingerprint density at radius 3 is 2.67 bits per heavy atom. The molecule has 2 aliphatic heterocycles. The number of piperidine rings is 1. The molecule has 4 atom stereocenters. The highest BCUT2D eigenvalue weighted by atomic mass is 32.2. The fraction of sp³-hybridized carbons (Fsp3) is 0.556. The Bertz CT molecular complexity index is 1480. The van der Waals surface area contributed by atoms with E-state index >= 15 is 0 Å². The number of hydrogen-bond acceptors (Lipinski definition) is 10. The van der Waals surface area contributed by atoms with E-state index in [1.807, 2.05) is 0 Å². The van der Waals surface area contributed by atoms with Crippen molar-refractivity contribution in [3.63, 3.8) is 0 Å². The number of anilines is 4. The molecule has 1 aromatic carbocycles. The summed E-state index contributed by atoms with van der Waals surface area (Å²) in [5, 5.41) is 14.0. The molecule has 0 unspecified atom stereocenters. The molecule has 0 bridgehead atoms. The molecule has 2 N–H and O–H groups in total. The fourth-order valence-corrected chi connectivity index (χ4v) is 6.64. The maximum absolute atomic E-state index is 14.7. The smallest absolute Gasteiger partial charge is 0.228 e. The summed E-state index contributed by atoms with van der Waals surface area (Å²) in [6, 6.07) is 5.95. The lowest BCUT2D eigenvalue weighted by Gasteiger charge is -2.48. The van der Waals surface area contributed by atoms with Crippen molar-refractivity contribution in [2.45, 2.75) is 57.8 Å². The summed E-state index contributed by atoms with van der Waals surface area (Å²) in [5.74, 6) is 1.73. The minimum Gasteiger partial charge on any atom is -0.390 e. The van der Waals surface area contributed by atoms with Crippen LogP contribution in [0.25, 0.3) is 10.9 Å². The number of sulfone groups is 1. The van der Waals surface area contributed by atoms with Gasteiger partial charge in [-0.05, 0) is 43.9 Å². The Balaban J connectivity index is 1.41. The van der Waals surface area contributed by atoms with Crippen LogP contribution in [0.4, 0.5) is 27.8 Å². The van der Waals surface area contributed by atoms with E-state index in [4.69, 9.17) is 4.98 Å². The van der Waals surface area contributed by atoms with E-state index in [1.54, 1.807) is 23.4 Å². The van der Waals surface area contributed by atoms with Crippen molar-refractivity contribution in [3.05, 3.63) is 36.2 Å². The largest absolute Gasteiger partial charge is 0.390 e. The second-order valence-corrected chi connectivity index (χ2v) is 13.6. The van der Waals surface area contributed by atoms with Gasteiger partial charge in [-0.2, -0.15) is 4.98 Å². The van der Waals surface area contributed by atoms with Gasteiger partial charge in [-0.3, -0.25) is 0 Å². The topological polar surface area (TPSA) is 124 Å². The number of aromatic nitrogens is 4. The van der Waals surface area contributed by atoms with Gasteiger partial charge in [0, 0.05) is 54.8 Å². The number of fused-ring (bicyclic) bond motifs is 1. The van der Waals surface area contributed by atoms with Crippen molar-refractivity contribution in [1.29, 1.82) is 0 Å². The maximum atomic E-state index is 14.7. The van der Waals surface area contributed by atoms with Crippen LogP contribution in [-0.2, 0) is 9.84 Å². The van der Waals surface area contributed by atoms with Crippen molar-refractivity contribution in [3.8, 4) is 0 Å². The van der Waals surface area contributed by atoms with Crippen molar-refractivity contribution in [2.75, 3.05) is 46.8 Å². The third-order valence-corrected chi connectivity index (χ3v) is 8.88. The highest BCUT2D eigenvalue weighted by Crippen LogP contribution is 2.38. The van der Waals surface area contributed by atoms with Crippen molar-refractivity contribution < 1.29 is 17.9 Å². The number of halogens is 1. The van der Waals surface area contributed by atoms with Gasteiger partial charge in [0.2, 0.25) is 11.9 Å². The van der Waals surface area contributed by atoms with Crippen LogP contribution in [0.1, 0.15) is 45.6 Å². The van der Waals surface area contributed by atoms with Crippen LogP contribution in [0.3, 0.4) is 0 Å². The monoisotopic (exact) mass is 557 g/mol. The van der Waals surface area contributed by atoms with Crippen molar-refractivity contribution in [1.82, 2.24) is 19.9 Å². The highest BCUT2D eigenvalue weighted by Gasteiger charge is 2.40. The van der Waals surface area contributed by atoms with E-state index in [1.165, 1.54) is 13.2 Å². The summed E-state index contributed by atoms with van der Waals surface area (Å²) in [6.07, 6.45) is 3.97. The maximum Gasteiger partial charge on any atom is 0.228 e. The first-order valence-corrected chi connectivity index (χ1v) is 15.3. The molecule has 2 saturated heterocycles. The molecule has 5 rings (SSSR count). The van der Waals surface area contributed by atoms with Gasteiger partial charge in [0.1, 0.15) is 15.7 Å². The zero-order chi connectivity index (χ0) is 28.1. The third-order valence-electron chi connectivity index (χ3n) is 7.85. The summed E-state index contributed by atoms with van der Waals surface area (Å²) in [5.41, 5.74) is 1.16. The van der Waals surface area contributed by atoms with Gasteiger partial charge in [-0.1, -0.05) is 19.9 Å². The fourth-order valence-electron chi connectivity index (χ4n) is 5.48. The zero-order valence-corrected chi connectivity index (χ0v) is 23.8. The van der Waals surface area contributed by atoms with E-state index in [0.29, 0.717) is 37.2 Å². The van der Waals surface area contributed by atoms with Crippen LogP contribution >= 0.6 is 0 Å². The molecule has 210 valence electrons. The molecule has 2 aromatic heterocycles. The summed E-state index contributed by atoms with van der Waals surface area (Å²) in [7, 11) is -3.04. The summed E-state index contributed by atoms with van der Waals surface area (Å²) in [6.45, 7) is 8.80. The Morgan fingerprint density at radius 2 is 2.00 bits per heavy atom. The quantitative estimate of drug-likeness (QED) is 0.446. The summed E-state index contributed by atoms with van der Waals surface area (Å²) < 4.78 is 38.3. The predicted octanol–water partition coefficient (Wildman–Crippen LogP) is 3.46. The molecule has 0 saturated carbocycles. The molecule has 0 spiro atoms. The molecule has 4 heterocycles. The molecular weight excluding hydrogens is 521 g/mol. The SMILES string of the molecule is CC(C)c1ccc(N2C[C@H](CS(C)(=O)=O)[C@H]2C)c2cnc(Nc3ccnc(N4CC[C@@H](O)[C@@](C)(F)C4)n3)nc12. The second-order valence-electron chi connectivity index (χ2n) is 11.4. The molecule has 2 aliphatic rings. The number of nitrogens with zero attached hydrogens (tertiary/aromatic N) is 6. The summed E-state index contributed by atoms with van der Waals surface area (Å²) in [4.78, 5) is 22.2. The van der Waals surface area contributed by atoms with Gasteiger partial charge in [-0.15, -0.1) is 0 Å². The van der Waals surface area contributed by atoms with E-state index in [0.717, 1.165) is 22.2 Å². The van der Waals surface area contributed by atoms with Crippen LogP contribution in [0.2, 0.25) is 0 Å². The number of alkyl halides is 1. The minimum atomic E-state index is -3.04. The number of benzene rings is 1. The average Bonchev–Trinajstić information content (AvgIpc) is 2.86. The average molecular weight is 558 g/mol. The second kappa shape index (κ2) is 10.1. The Kier molecular flexibility index (Phi) is 7.13. The van der Waals surface area contributed by atoms with E-state index < -0.39 is 21.6 Å². The van der Waals surface area contributed by atoms with E-state index in [9.17, 15) is 17.9 Å². The van der Waals surface area contributed by atoms with Gasteiger partial charge >= 0.3 is 0 Å². The molecule has 0 amide bonds. The van der Waals surface area contributed by atoms with E-state index in [2.05, 4.69) is 58.1 Å². The predicted molar refractivity (Wildman–Crippen MR) is 151 cm³/mol. The Morgan fingerprint density at radius 1 is 1.23 bits per heavy atom. The van der Waals surface area contributed by atoms with Crippen LogP contribution < -0.4 is 15.1 Å². The molecule has 39 heavy (non-hydrogen) atoms. The third kappa shape index (κ3) is 5.62. The van der Waals surface area contributed by atoms with Crippen molar-refractivity contribution >= 4 is 44.1 Å². The lowest BCUT2D eigenvalue weighted by Crippen LogP contribution is -2.57. The van der Waals surface area contributed by atoms with Crippen LogP contribution in [0.15, 0.2) is 30.6 Å². The lowest BCUT2D eigenvalue weighted by atomic mass is 9.89. The molecule has 10 nitrogen and oxygen atoms in total. The van der Waals surface area contributed by atoms with Gasteiger partial charge in [0.25, 0.3) is 0 Å². The van der Waals surface area contributed by atoms with Crippen LogP contribution in [-0.4, -0.2) is 82.9 Å². The highest BCUT2D eigenvalue weighted by molar-refractivity contribution is 7.90. The van der Waals surface area contributed by atoms with E-state index in [-0.39, 0.29) is 30.2 Å². The zero-order valence-electron chi connectivity index (χ0n) is 23.0.